The van der Waals surface area contributed by atoms with Gasteiger partial charge in [0.15, 0.2) is 17.6 Å². The van der Waals surface area contributed by atoms with Crippen molar-refractivity contribution in [3.05, 3.63) is 59.1 Å². The van der Waals surface area contributed by atoms with Crippen LogP contribution in [0.1, 0.15) is 5.56 Å². The topological polar surface area (TPSA) is 59.6 Å². The molecule has 1 unspecified atom stereocenters. The number of urea groups is 1. The third kappa shape index (κ3) is 4.32. The number of amides is 2. The molecule has 2 amide bonds. The number of carbonyl (C=O) groups is 1. The molecule has 1 aliphatic heterocycles. The summed E-state index contributed by atoms with van der Waals surface area (Å²) in [6.07, 6.45) is 0.484. The van der Waals surface area contributed by atoms with E-state index in [2.05, 4.69) is 10.6 Å². The van der Waals surface area contributed by atoms with E-state index in [1.807, 2.05) is 48.5 Å². The lowest BCUT2D eigenvalue weighted by atomic mass is 10.1. The Morgan fingerprint density at radius 1 is 1.08 bits per heavy atom. The third-order valence-electron chi connectivity index (χ3n) is 3.70. The molecule has 24 heavy (non-hydrogen) atoms. The molecule has 0 saturated carbocycles. The minimum Gasteiger partial charge on any atom is -0.486 e. The Labute approximate surface area is 145 Å². The number of halogens is 1. The summed E-state index contributed by atoms with van der Waals surface area (Å²) < 4.78 is 11.4. The van der Waals surface area contributed by atoms with E-state index < -0.39 is 0 Å². The van der Waals surface area contributed by atoms with Crippen LogP contribution in [0, 0.1) is 0 Å². The summed E-state index contributed by atoms with van der Waals surface area (Å²) in [6, 6.07) is 14.9. The predicted molar refractivity (Wildman–Crippen MR) is 92.9 cm³/mol. The van der Waals surface area contributed by atoms with E-state index in [0.29, 0.717) is 36.9 Å². The van der Waals surface area contributed by atoms with E-state index in [9.17, 15) is 4.79 Å². The number of benzene rings is 2. The van der Waals surface area contributed by atoms with Crippen molar-refractivity contribution in [3.8, 4) is 11.5 Å². The number of ether oxygens (including phenoxy) is 2. The number of hydrogen-bond acceptors (Lipinski definition) is 3. The molecule has 2 N–H and O–H groups in total. The molecular weight excluding hydrogens is 328 g/mol. The lowest BCUT2D eigenvalue weighted by Gasteiger charge is -2.26. The van der Waals surface area contributed by atoms with Gasteiger partial charge < -0.3 is 20.1 Å². The number of fused-ring (bicyclic) bond motifs is 1. The molecule has 0 fully saturated rings. The average molecular weight is 347 g/mol. The molecule has 0 saturated heterocycles. The van der Waals surface area contributed by atoms with Gasteiger partial charge in [-0.2, -0.15) is 0 Å². The second-order valence-corrected chi connectivity index (χ2v) is 5.88. The highest BCUT2D eigenvalue weighted by Crippen LogP contribution is 2.30. The van der Waals surface area contributed by atoms with Gasteiger partial charge in [-0.25, -0.2) is 4.79 Å². The first kappa shape index (κ1) is 16.5. The van der Waals surface area contributed by atoms with Gasteiger partial charge in [-0.3, -0.25) is 0 Å². The first-order chi connectivity index (χ1) is 11.7. The van der Waals surface area contributed by atoms with Crippen LogP contribution in [-0.2, 0) is 6.42 Å². The summed E-state index contributed by atoms with van der Waals surface area (Å²) in [4.78, 5) is 11.9. The second kappa shape index (κ2) is 7.93. The number of rotatable bonds is 5. The van der Waals surface area contributed by atoms with Crippen LogP contribution in [0.5, 0.6) is 11.5 Å². The molecule has 2 aromatic carbocycles. The van der Waals surface area contributed by atoms with Crippen molar-refractivity contribution in [2.24, 2.45) is 0 Å². The fourth-order valence-electron chi connectivity index (χ4n) is 2.44. The lowest BCUT2D eigenvalue weighted by molar-refractivity contribution is 0.0918. The van der Waals surface area contributed by atoms with Gasteiger partial charge in [0.1, 0.15) is 6.61 Å². The molecule has 6 heteroatoms. The van der Waals surface area contributed by atoms with Crippen LogP contribution in [0.4, 0.5) is 4.79 Å². The Hall–Kier alpha value is -2.40. The molecule has 0 aromatic heterocycles. The Bertz CT molecular complexity index is 708. The van der Waals surface area contributed by atoms with E-state index in [4.69, 9.17) is 21.1 Å². The summed E-state index contributed by atoms with van der Waals surface area (Å²) in [5.41, 5.74) is 1.01. The zero-order chi connectivity index (χ0) is 16.8. The van der Waals surface area contributed by atoms with Crippen LogP contribution in [0.25, 0.3) is 0 Å². The predicted octanol–water partition coefficient (Wildman–Crippen LogP) is 3.02. The molecule has 0 aliphatic carbocycles. The Balaban J connectivity index is 1.38. The van der Waals surface area contributed by atoms with Crippen LogP contribution >= 0.6 is 11.6 Å². The molecule has 2 aromatic rings. The first-order valence-electron chi connectivity index (χ1n) is 7.86. The highest BCUT2D eigenvalue weighted by molar-refractivity contribution is 6.31. The standard InChI is InChI=1S/C18H19ClN2O3/c19-15-6-2-1-5-13(15)9-10-20-18(22)21-11-14-12-23-16-7-3-4-8-17(16)24-14/h1-8,14H,9-12H2,(H2,20,21,22). The SMILES string of the molecule is O=C(NCCc1ccccc1Cl)NCC1COc2ccccc2O1. The van der Waals surface area contributed by atoms with Crippen molar-refractivity contribution in [3.63, 3.8) is 0 Å². The highest BCUT2D eigenvalue weighted by atomic mass is 35.5. The van der Waals surface area contributed by atoms with Crippen LogP contribution in [0.15, 0.2) is 48.5 Å². The van der Waals surface area contributed by atoms with Gasteiger partial charge in [0.2, 0.25) is 0 Å². The zero-order valence-electron chi connectivity index (χ0n) is 13.1. The second-order valence-electron chi connectivity index (χ2n) is 5.48. The van der Waals surface area contributed by atoms with Crippen molar-refractivity contribution < 1.29 is 14.3 Å². The third-order valence-corrected chi connectivity index (χ3v) is 4.06. The van der Waals surface area contributed by atoms with Crippen LogP contribution in [0.3, 0.4) is 0 Å². The van der Waals surface area contributed by atoms with Crippen molar-refractivity contribution in [2.75, 3.05) is 19.7 Å². The smallest absolute Gasteiger partial charge is 0.314 e. The van der Waals surface area contributed by atoms with Crippen molar-refractivity contribution in [2.45, 2.75) is 12.5 Å². The Morgan fingerprint density at radius 2 is 1.83 bits per heavy atom. The van der Waals surface area contributed by atoms with E-state index in [0.717, 1.165) is 11.3 Å². The van der Waals surface area contributed by atoms with Gasteiger partial charge in [-0.05, 0) is 30.2 Å². The van der Waals surface area contributed by atoms with Crippen LogP contribution in [0.2, 0.25) is 5.02 Å². The molecule has 126 valence electrons. The fraction of sp³-hybridized carbons (Fsp3) is 0.278. The number of hydrogen-bond donors (Lipinski definition) is 2. The normalized spacial score (nSPS) is 15.6. The van der Waals surface area contributed by atoms with E-state index in [1.54, 1.807) is 0 Å². The summed E-state index contributed by atoms with van der Waals surface area (Å²) in [5, 5.41) is 6.32. The number of carbonyl (C=O) groups excluding carboxylic acids is 1. The Morgan fingerprint density at radius 3 is 2.67 bits per heavy atom. The molecule has 0 radical (unpaired) electrons. The summed E-state index contributed by atoms with van der Waals surface area (Å²) in [7, 11) is 0. The number of nitrogens with one attached hydrogen (secondary N) is 2. The molecule has 1 aliphatic rings. The molecule has 1 heterocycles. The van der Waals surface area contributed by atoms with E-state index in [-0.39, 0.29) is 12.1 Å². The summed E-state index contributed by atoms with van der Waals surface area (Å²) in [5.74, 6) is 1.44. The van der Waals surface area contributed by atoms with Crippen molar-refractivity contribution in [1.82, 2.24) is 10.6 Å². The molecule has 0 spiro atoms. The molecule has 3 rings (SSSR count). The quantitative estimate of drug-likeness (QED) is 0.875. The minimum atomic E-state index is -0.232. The maximum Gasteiger partial charge on any atom is 0.314 e. The maximum atomic E-state index is 11.9. The molecule has 1 atom stereocenters. The minimum absolute atomic E-state index is 0.200. The van der Waals surface area contributed by atoms with Gasteiger partial charge >= 0.3 is 6.03 Å². The van der Waals surface area contributed by atoms with Crippen molar-refractivity contribution in [1.29, 1.82) is 0 Å². The molecular formula is C18H19ClN2O3. The van der Waals surface area contributed by atoms with Gasteiger partial charge in [0, 0.05) is 11.6 Å². The van der Waals surface area contributed by atoms with Gasteiger partial charge in [-0.15, -0.1) is 0 Å². The maximum absolute atomic E-state index is 11.9. The monoisotopic (exact) mass is 346 g/mol. The largest absolute Gasteiger partial charge is 0.486 e. The van der Waals surface area contributed by atoms with Crippen molar-refractivity contribution >= 4 is 17.6 Å². The lowest BCUT2D eigenvalue weighted by Crippen LogP contribution is -2.44. The van der Waals surface area contributed by atoms with E-state index in [1.165, 1.54) is 0 Å². The van der Waals surface area contributed by atoms with Crippen LogP contribution in [-0.4, -0.2) is 31.8 Å². The van der Waals surface area contributed by atoms with Gasteiger partial charge in [0.25, 0.3) is 0 Å². The van der Waals surface area contributed by atoms with Gasteiger partial charge in [0.05, 0.1) is 6.54 Å². The zero-order valence-corrected chi connectivity index (χ0v) is 13.9. The molecule has 0 bridgehead atoms. The fourth-order valence-corrected chi connectivity index (χ4v) is 2.67. The Kier molecular flexibility index (Phi) is 5.43. The summed E-state index contributed by atoms with van der Waals surface area (Å²) in [6.45, 7) is 1.31. The molecule has 5 nitrogen and oxygen atoms in total. The summed E-state index contributed by atoms with van der Waals surface area (Å²) >= 11 is 6.08. The highest BCUT2D eigenvalue weighted by Gasteiger charge is 2.20. The first-order valence-corrected chi connectivity index (χ1v) is 8.24. The number of para-hydroxylation sites is 2. The van der Waals surface area contributed by atoms with Crippen LogP contribution < -0.4 is 20.1 Å². The van der Waals surface area contributed by atoms with Gasteiger partial charge in [-0.1, -0.05) is 41.9 Å². The average Bonchev–Trinajstić information content (AvgIpc) is 2.61. The van der Waals surface area contributed by atoms with E-state index >= 15 is 0 Å².